The Morgan fingerprint density at radius 3 is 2.47 bits per heavy atom. The number of carbonyl (C=O) groups is 3. The Morgan fingerprint density at radius 2 is 1.81 bits per heavy atom. The van der Waals surface area contributed by atoms with Crippen molar-refractivity contribution in [1.29, 1.82) is 0 Å². The molecule has 4 atom stereocenters. The molecule has 3 saturated heterocycles. The number of likely N-dealkylation sites (N-methyl/N-ethyl adjacent to an activating group) is 1. The number of rotatable bonds is 6. The van der Waals surface area contributed by atoms with Crippen LogP contribution in [0, 0.1) is 5.92 Å². The van der Waals surface area contributed by atoms with Crippen LogP contribution in [0.25, 0.3) is 0 Å². The van der Waals surface area contributed by atoms with E-state index in [0.717, 1.165) is 38.3 Å². The zero-order chi connectivity index (χ0) is 22.8. The summed E-state index contributed by atoms with van der Waals surface area (Å²) in [6, 6.07) is 6.41. The third kappa shape index (κ3) is 4.52. The standard InChI is InChI=1S/C24H34N4O4/c1-4-16(2)21(24(31)28-10-9-20-22(28)19(29)15-32-20)25-23(30)17-5-7-18(8-6-17)27-13-11-26(3)12-14-27/h5-8,16,20-22H,4,9-15H2,1-3H3,(H,25,30)/t16?,20-,21+,22-/m1/s1. The minimum absolute atomic E-state index is 0.0467. The number of likely N-dealkylation sites (tertiary alicyclic amines) is 1. The van der Waals surface area contributed by atoms with Crippen molar-refractivity contribution in [3.63, 3.8) is 0 Å². The first-order chi connectivity index (χ1) is 15.4. The van der Waals surface area contributed by atoms with Crippen LogP contribution in [0.15, 0.2) is 24.3 Å². The van der Waals surface area contributed by atoms with Gasteiger partial charge in [-0.3, -0.25) is 14.4 Å². The second-order valence-corrected chi connectivity index (χ2v) is 9.25. The van der Waals surface area contributed by atoms with Crippen molar-refractivity contribution >= 4 is 23.3 Å². The van der Waals surface area contributed by atoms with Gasteiger partial charge in [-0.15, -0.1) is 0 Å². The number of anilines is 1. The van der Waals surface area contributed by atoms with Gasteiger partial charge in [0.1, 0.15) is 18.7 Å². The van der Waals surface area contributed by atoms with Crippen molar-refractivity contribution in [2.75, 3.05) is 51.3 Å². The van der Waals surface area contributed by atoms with E-state index < -0.39 is 12.1 Å². The number of nitrogens with zero attached hydrogens (tertiary/aromatic N) is 3. The fourth-order valence-corrected chi connectivity index (χ4v) is 4.82. The smallest absolute Gasteiger partial charge is 0.251 e. The SMILES string of the molecule is CCC(C)[C@H](NC(=O)c1ccc(N2CCN(C)CC2)cc1)C(=O)N1CC[C@H]2OCC(=O)[C@H]21. The highest BCUT2D eigenvalue weighted by Crippen LogP contribution is 2.28. The summed E-state index contributed by atoms with van der Waals surface area (Å²) in [7, 11) is 2.12. The maximum atomic E-state index is 13.4. The summed E-state index contributed by atoms with van der Waals surface area (Å²) in [5.41, 5.74) is 1.63. The van der Waals surface area contributed by atoms with Crippen molar-refractivity contribution in [3.8, 4) is 0 Å². The molecular weight excluding hydrogens is 408 g/mol. The molecule has 3 fully saturated rings. The van der Waals surface area contributed by atoms with E-state index in [1.165, 1.54) is 0 Å². The molecule has 1 N–H and O–H groups in total. The van der Waals surface area contributed by atoms with Gasteiger partial charge in [0.15, 0.2) is 5.78 Å². The number of benzene rings is 1. The number of Topliss-reactive ketones (excluding diaryl/α,β-unsaturated/α-hetero) is 1. The summed E-state index contributed by atoms with van der Waals surface area (Å²) in [6.45, 7) is 8.49. The van der Waals surface area contributed by atoms with Crippen LogP contribution in [-0.2, 0) is 14.3 Å². The molecule has 8 heteroatoms. The molecule has 0 aliphatic carbocycles. The number of piperazine rings is 1. The van der Waals surface area contributed by atoms with Crippen molar-refractivity contribution in [2.45, 2.75) is 44.9 Å². The summed E-state index contributed by atoms with van der Waals surface area (Å²) in [4.78, 5) is 44.9. The first-order valence-corrected chi connectivity index (χ1v) is 11.7. The fraction of sp³-hybridized carbons (Fsp3) is 0.625. The normalized spacial score (nSPS) is 25.5. The number of carbonyl (C=O) groups excluding carboxylic acids is 3. The zero-order valence-corrected chi connectivity index (χ0v) is 19.3. The van der Waals surface area contributed by atoms with Gasteiger partial charge in [0, 0.05) is 44.0 Å². The van der Waals surface area contributed by atoms with Crippen LogP contribution in [0.4, 0.5) is 5.69 Å². The largest absolute Gasteiger partial charge is 0.369 e. The highest BCUT2D eigenvalue weighted by Gasteiger charge is 2.48. The molecule has 1 aromatic carbocycles. The maximum Gasteiger partial charge on any atom is 0.251 e. The highest BCUT2D eigenvalue weighted by molar-refractivity contribution is 5.99. The molecule has 1 unspecified atom stereocenters. The first-order valence-electron chi connectivity index (χ1n) is 11.7. The maximum absolute atomic E-state index is 13.4. The number of hydrogen-bond acceptors (Lipinski definition) is 6. The van der Waals surface area contributed by atoms with Gasteiger partial charge in [-0.2, -0.15) is 0 Å². The molecular formula is C24H34N4O4. The van der Waals surface area contributed by atoms with Crippen LogP contribution in [0.5, 0.6) is 0 Å². The Labute approximate surface area is 189 Å². The number of ether oxygens (including phenoxy) is 1. The summed E-state index contributed by atoms with van der Waals surface area (Å²) >= 11 is 0. The number of ketones is 1. The summed E-state index contributed by atoms with van der Waals surface area (Å²) in [6.07, 6.45) is 1.20. The number of hydrogen-bond donors (Lipinski definition) is 1. The van der Waals surface area contributed by atoms with E-state index in [-0.39, 0.29) is 36.2 Å². The summed E-state index contributed by atoms with van der Waals surface area (Å²) < 4.78 is 5.52. The minimum atomic E-state index is -0.669. The van der Waals surface area contributed by atoms with Crippen LogP contribution in [0.1, 0.15) is 37.0 Å². The second-order valence-electron chi connectivity index (χ2n) is 9.25. The quantitative estimate of drug-likeness (QED) is 0.712. The molecule has 4 rings (SSSR count). The molecule has 0 saturated carbocycles. The van der Waals surface area contributed by atoms with E-state index in [4.69, 9.17) is 4.74 Å². The van der Waals surface area contributed by atoms with Crippen molar-refractivity contribution in [1.82, 2.24) is 15.1 Å². The molecule has 1 aromatic rings. The average molecular weight is 443 g/mol. The Kier molecular flexibility index (Phi) is 6.81. The molecule has 32 heavy (non-hydrogen) atoms. The van der Waals surface area contributed by atoms with E-state index in [2.05, 4.69) is 22.2 Å². The number of amides is 2. The second kappa shape index (κ2) is 9.58. The minimum Gasteiger partial charge on any atom is -0.369 e. The lowest BCUT2D eigenvalue weighted by molar-refractivity contribution is -0.139. The molecule has 174 valence electrons. The van der Waals surface area contributed by atoms with Crippen LogP contribution in [0.3, 0.4) is 0 Å². The van der Waals surface area contributed by atoms with Gasteiger partial charge in [0.2, 0.25) is 5.91 Å². The van der Waals surface area contributed by atoms with Crippen LogP contribution >= 0.6 is 0 Å². The van der Waals surface area contributed by atoms with Gasteiger partial charge in [-0.05, 0) is 43.7 Å². The van der Waals surface area contributed by atoms with E-state index in [1.54, 1.807) is 4.90 Å². The van der Waals surface area contributed by atoms with Gasteiger partial charge in [0.25, 0.3) is 5.91 Å². The Hall–Kier alpha value is -2.45. The average Bonchev–Trinajstić information content (AvgIpc) is 3.40. The lowest BCUT2D eigenvalue weighted by Gasteiger charge is -2.34. The van der Waals surface area contributed by atoms with Crippen LogP contribution in [-0.4, -0.2) is 92.0 Å². The third-order valence-corrected chi connectivity index (χ3v) is 7.16. The molecule has 3 aliphatic rings. The summed E-state index contributed by atoms with van der Waals surface area (Å²) in [5, 5.41) is 2.96. The Bertz CT molecular complexity index is 850. The molecule has 3 heterocycles. The molecule has 2 amide bonds. The van der Waals surface area contributed by atoms with Crippen molar-refractivity contribution in [2.24, 2.45) is 5.92 Å². The lowest BCUT2D eigenvalue weighted by Crippen LogP contribution is -2.54. The van der Waals surface area contributed by atoms with Gasteiger partial charge in [0.05, 0.1) is 6.10 Å². The van der Waals surface area contributed by atoms with Crippen LogP contribution < -0.4 is 10.2 Å². The number of nitrogens with one attached hydrogen (secondary N) is 1. The van der Waals surface area contributed by atoms with E-state index in [0.29, 0.717) is 18.5 Å². The number of fused-ring (bicyclic) bond motifs is 1. The predicted molar refractivity (Wildman–Crippen MR) is 122 cm³/mol. The van der Waals surface area contributed by atoms with E-state index in [1.807, 2.05) is 38.1 Å². The molecule has 3 aliphatic heterocycles. The van der Waals surface area contributed by atoms with Gasteiger partial charge in [-0.25, -0.2) is 0 Å². The lowest BCUT2D eigenvalue weighted by atomic mass is 9.96. The van der Waals surface area contributed by atoms with Crippen LogP contribution in [0.2, 0.25) is 0 Å². The zero-order valence-electron chi connectivity index (χ0n) is 19.3. The van der Waals surface area contributed by atoms with Crippen molar-refractivity contribution < 1.29 is 19.1 Å². The topological polar surface area (TPSA) is 82.2 Å². The fourth-order valence-electron chi connectivity index (χ4n) is 4.82. The predicted octanol–water partition coefficient (Wildman–Crippen LogP) is 1.15. The molecule has 0 spiro atoms. The highest BCUT2D eigenvalue weighted by atomic mass is 16.5. The van der Waals surface area contributed by atoms with E-state index in [9.17, 15) is 14.4 Å². The monoisotopic (exact) mass is 442 g/mol. The Morgan fingerprint density at radius 1 is 1.12 bits per heavy atom. The third-order valence-electron chi connectivity index (χ3n) is 7.16. The van der Waals surface area contributed by atoms with Gasteiger partial charge >= 0.3 is 0 Å². The first kappa shape index (κ1) is 22.7. The van der Waals surface area contributed by atoms with Crippen molar-refractivity contribution in [3.05, 3.63) is 29.8 Å². The van der Waals surface area contributed by atoms with Gasteiger partial charge < -0.3 is 24.8 Å². The molecule has 0 radical (unpaired) electrons. The Balaban J connectivity index is 1.44. The molecule has 8 nitrogen and oxygen atoms in total. The molecule has 0 aromatic heterocycles. The van der Waals surface area contributed by atoms with Gasteiger partial charge in [-0.1, -0.05) is 20.3 Å². The molecule has 0 bridgehead atoms. The summed E-state index contributed by atoms with van der Waals surface area (Å²) in [5.74, 6) is -0.548. The van der Waals surface area contributed by atoms with E-state index >= 15 is 0 Å².